The van der Waals surface area contributed by atoms with Crippen molar-refractivity contribution in [2.45, 2.75) is 26.2 Å². The lowest BCUT2D eigenvalue weighted by Crippen LogP contribution is -2.35. The van der Waals surface area contributed by atoms with Crippen LogP contribution in [-0.2, 0) is 0 Å². The summed E-state index contributed by atoms with van der Waals surface area (Å²) in [6.07, 6.45) is 5.87. The predicted molar refractivity (Wildman–Crippen MR) is 77.2 cm³/mol. The second kappa shape index (κ2) is 6.95. The lowest BCUT2D eigenvalue weighted by atomic mass is 10.1. The monoisotopic (exact) mass is 267 g/mol. The standard InChI is InChI=1S/C14H22ClN3/c1-12(11-18-8-3-2-4-9-18)10-17-14-13(15)6-5-7-16-14/h5-7,12H,2-4,8-11H2,1H3,(H,16,17). The molecule has 1 atom stereocenters. The Morgan fingerprint density at radius 2 is 2.17 bits per heavy atom. The molecular formula is C14H22ClN3. The van der Waals surface area contributed by atoms with Crippen molar-refractivity contribution in [1.29, 1.82) is 0 Å². The first-order chi connectivity index (χ1) is 8.75. The molecule has 0 aliphatic carbocycles. The fraction of sp³-hybridized carbons (Fsp3) is 0.643. The zero-order valence-electron chi connectivity index (χ0n) is 11.0. The number of hydrogen-bond acceptors (Lipinski definition) is 3. The third-order valence-electron chi connectivity index (χ3n) is 3.40. The summed E-state index contributed by atoms with van der Waals surface area (Å²) in [7, 11) is 0. The first-order valence-corrected chi connectivity index (χ1v) is 7.20. The van der Waals surface area contributed by atoms with Crippen molar-refractivity contribution in [3.63, 3.8) is 0 Å². The van der Waals surface area contributed by atoms with Crippen molar-refractivity contribution in [2.75, 3.05) is 31.5 Å². The molecule has 1 saturated heterocycles. The second-order valence-corrected chi connectivity index (χ2v) is 5.59. The molecule has 1 fully saturated rings. The van der Waals surface area contributed by atoms with E-state index in [-0.39, 0.29) is 0 Å². The van der Waals surface area contributed by atoms with Gasteiger partial charge in [-0.25, -0.2) is 4.98 Å². The minimum absolute atomic E-state index is 0.612. The van der Waals surface area contributed by atoms with Gasteiger partial charge in [-0.15, -0.1) is 0 Å². The quantitative estimate of drug-likeness (QED) is 0.888. The van der Waals surface area contributed by atoms with Gasteiger partial charge in [-0.3, -0.25) is 0 Å². The van der Waals surface area contributed by atoms with Crippen LogP contribution in [0.1, 0.15) is 26.2 Å². The van der Waals surface area contributed by atoms with E-state index in [1.807, 2.05) is 12.1 Å². The van der Waals surface area contributed by atoms with E-state index in [4.69, 9.17) is 11.6 Å². The van der Waals surface area contributed by atoms with Gasteiger partial charge < -0.3 is 10.2 Å². The van der Waals surface area contributed by atoms with Crippen LogP contribution in [0.25, 0.3) is 0 Å². The first-order valence-electron chi connectivity index (χ1n) is 6.82. The Labute approximate surface area is 115 Å². The number of anilines is 1. The molecule has 1 N–H and O–H groups in total. The van der Waals surface area contributed by atoms with Gasteiger partial charge in [-0.1, -0.05) is 24.9 Å². The van der Waals surface area contributed by atoms with E-state index in [9.17, 15) is 0 Å². The summed E-state index contributed by atoms with van der Waals surface area (Å²) < 4.78 is 0. The average molecular weight is 268 g/mol. The Morgan fingerprint density at radius 3 is 2.89 bits per heavy atom. The van der Waals surface area contributed by atoms with Gasteiger partial charge in [-0.05, 0) is 44.0 Å². The number of nitrogens with one attached hydrogen (secondary N) is 1. The summed E-state index contributed by atoms with van der Waals surface area (Å²) >= 11 is 6.06. The number of likely N-dealkylation sites (tertiary alicyclic amines) is 1. The van der Waals surface area contributed by atoms with Crippen molar-refractivity contribution in [3.05, 3.63) is 23.4 Å². The van der Waals surface area contributed by atoms with Crippen molar-refractivity contribution in [2.24, 2.45) is 5.92 Å². The van der Waals surface area contributed by atoms with E-state index in [0.29, 0.717) is 10.9 Å². The fourth-order valence-corrected chi connectivity index (χ4v) is 2.62. The molecule has 18 heavy (non-hydrogen) atoms. The molecule has 1 unspecified atom stereocenters. The number of rotatable bonds is 5. The SMILES string of the molecule is CC(CNc1ncccc1Cl)CN1CCCCC1. The molecule has 0 radical (unpaired) electrons. The Kier molecular flexibility index (Phi) is 5.26. The topological polar surface area (TPSA) is 28.2 Å². The highest BCUT2D eigenvalue weighted by Crippen LogP contribution is 2.18. The summed E-state index contributed by atoms with van der Waals surface area (Å²) in [5, 5.41) is 4.03. The Bertz CT molecular complexity index is 364. The summed E-state index contributed by atoms with van der Waals surface area (Å²) in [6.45, 7) is 6.88. The molecule has 2 rings (SSSR count). The van der Waals surface area contributed by atoms with Crippen LogP contribution in [-0.4, -0.2) is 36.1 Å². The highest BCUT2D eigenvalue weighted by molar-refractivity contribution is 6.32. The Balaban J connectivity index is 1.74. The van der Waals surface area contributed by atoms with Crippen LogP contribution in [0.4, 0.5) is 5.82 Å². The molecule has 0 aromatic carbocycles. The average Bonchev–Trinajstić information content (AvgIpc) is 2.39. The molecular weight excluding hydrogens is 246 g/mol. The number of pyridine rings is 1. The molecule has 100 valence electrons. The van der Waals surface area contributed by atoms with E-state index in [2.05, 4.69) is 22.1 Å². The van der Waals surface area contributed by atoms with E-state index in [1.165, 1.54) is 32.4 Å². The maximum absolute atomic E-state index is 6.06. The smallest absolute Gasteiger partial charge is 0.144 e. The highest BCUT2D eigenvalue weighted by Gasteiger charge is 2.13. The molecule has 0 spiro atoms. The molecule has 0 amide bonds. The summed E-state index contributed by atoms with van der Waals surface area (Å²) in [6, 6.07) is 3.72. The van der Waals surface area contributed by atoms with Gasteiger partial charge in [0.1, 0.15) is 5.82 Å². The zero-order chi connectivity index (χ0) is 12.8. The minimum Gasteiger partial charge on any atom is -0.369 e. The van der Waals surface area contributed by atoms with Crippen LogP contribution in [0.5, 0.6) is 0 Å². The van der Waals surface area contributed by atoms with Crippen LogP contribution in [0.2, 0.25) is 5.02 Å². The maximum Gasteiger partial charge on any atom is 0.144 e. The van der Waals surface area contributed by atoms with Gasteiger partial charge in [0.15, 0.2) is 0 Å². The van der Waals surface area contributed by atoms with Crippen LogP contribution in [0.15, 0.2) is 18.3 Å². The van der Waals surface area contributed by atoms with E-state index >= 15 is 0 Å². The van der Waals surface area contributed by atoms with Gasteiger partial charge in [0.25, 0.3) is 0 Å². The van der Waals surface area contributed by atoms with Crippen LogP contribution < -0.4 is 5.32 Å². The van der Waals surface area contributed by atoms with E-state index in [0.717, 1.165) is 18.9 Å². The highest BCUT2D eigenvalue weighted by atomic mass is 35.5. The first kappa shape index (κ1) is 13.6. The number of nitrogens with zero attached hydrogens (tertiary/aromatic N) is 2. The largest absolute Gasteiger partial charge is 0.369 e. The molecule has 1 aliphatic heterocycles. The van der Waals surface area contributed by atoms with Crippen molar-refractivity contribution >= 4 is 17.4 Å². The molecule has 0 saturated carbocycles. The predicted octanol–water partition coefficient (Wildman–Crippen LogP) is 3.27. The summed E-state index contributed by atoms with van der Waals surface area (Å²) in [5.41, 5.74) is 0. The van der Waals surface area contributed by atoms with Crippen molar-refractivity contribution < 1.29 is 0 Å². The van der Waals surface area contributed by atoms with Gasteiger partial charge in [0.2, 0.25) is 0 Å². The van der Waals surface area contributed by atoms with Crippen molar-refractivity contribution in [3.8, 4) is 0 Å². The molecule has 4 heteroatoms. The second-order valence-electron chi connectivity index (χ2n) is 5.18. The fourth-order valence-electron chi connectivity index (χ4n) is 2.43. The van der Waals surface area contributed by atoms with Gasteiger partial charge in [0, 0.05) is 19.3 Å². The van der Waals surface area contributed by atoms with Gasteiger partial charge >= 0.3 is 0 Å². The lowest BCUT2D eigenvalue weighted by molar-refractivity contribution is 0.204. The summed E-state index contributed by atoms with van der Waals surface area (Å²) in [5.74, 6) is 1.41. The zero-order valence-corrected chi connectivity index (χ0v) is 11.8. The van der Waals surface area contributed by atoms with E-state index < -0.39 is 0 Å². The Morgan fingerprint density at radius 1 is 1.39 bits per heavy atom. The molecule has 1 aliphatic rings. The van der Waals surface area contributed by atoms with Crippen molar-refractivity contribution in [1.82, 2.24) is 9.88 Å². The number of hydrogen-bond donors (Lipinski definition) is 1. The molecule has 1 aromatic rings. The maximum atomic E-state index is 6.06. The van der Waals surface area contributed by atoms with Gasteiger partial charge in [0.05, 0.1) is 5.02 Å². The summed E-state index contributed by atoms with van der Waals surface area (Å²) in [4.78, 5) is 6.81. The number of aromatic nitrogens is 1. The van der Waals surface area contributed by atoms with Gasteiger partial charge in [-0.2, -0.15) is 0 Å². The Hall–Kier alpha value is -0.800. The van der Waals surface area contributed by atoms with Crippen LogP contribution in [0.3, 0.4) is 0 Å². The van der Waals surface area contributed by atoms with Crippen LogP contribution >= 0.6 is 11.6 Å². The molecule has 1 aromatic heterocycles. The molecule has 0 bridgehead atoms. The minimum atomic E-state index is 0.612. The molecule has 2 heterocycles. The number of halogens is 1. The lowest BCUT2D eigenvalue weighted by Gasteiger charge is -2.29. The van der Waals surface area contributed by atoms with E-state index in [1.54, 1.807) is 6.20 Å². The normalized spacial score (nSPS) is 18.6. The third kappa shape index (κ3) is 4.14. The number of piperidine rings is 1. The van der Waals surface area contributed by atoms with Crippen LogP contribution in [0, 0.1) is 5.92 Å². The third-order valence-corrected chi connectivity index (χ3v) is 3.70. The molecule has 3 nitrogen and oxygen atoms in total.